The maximum absolute atomic E-state index is 13.2. The van der Waals surface area contributed by atoms with Gasteiger partial charge >= 0.3 is 11.7 Å². The number of aromatic hydroxyl groups is 1. The number of ether oxygens (including phenoxy) is 1. The van der Waals surface area contributed by atoms with Crippen molar-refractivity contribution in [3.63, 3.8) is 0 Å². The van der Waals surface area contributed by atoms with Gasteiger partial charge in [0.1, 0.15) is 11.4 Å². The topological polar surface area (TPSA) is 173 Å². The predicted molar refractivity (Wildman–Crippen MR) is 131 cm³/mol. The second kappa shape index (κ2) is 9.72. The minimum absolute atomic E-state index is 0.223. The Morgan fingerprint density at radius 2 is 1.92 bits per heavy atom. The molecular formula is C24H36N6O6. The third-order valence-corrected chi connectivity index (χ3v) is 8.04. The summed E-state index contributed by atoms with van der Waals surface area (Å²) in [5.41, 5.74) is 2.94. The van der Waals surface area contributed by atoms with Gasteiger partial charge in [-0.2, -0.15) is 0 Å². The first-order valence-electron chi connectivity index (χ1n) is 12.6. The number of imide groups is 1. The van der Waals surface area contributed by atoms with E-state index in [9.17, 15) is 24.3 Å². The first kappa shape index (κ1) is 25.9. The first-order valence-corrected chi connectivity index (χ1v) is 12.6. The number of carbonyl (C=O) groups is 2. The maximum atomic E-state index is 13.2. The fraction of sp³-hybridized carbons (Fsp3) is 0.708. The third-order valence-electron chi connectivity index (χ3n) is 8.04. The molecule has 0 aromatic carbocycles. The van der Waals surface area contributed by atoms with Crippen molar-refractivity contribution in [3.05, 3.63) is 26.4 Å². The molecule has 12 heteroatoms. The van der Waals surface area contributed by atoms with Gasteiger partial charge in [0.15, 0.2) is 0 Å². The molecule has 1 saturated carbocycles. The lowest BCUT2D eigenvalue weighted by Gasteiger charge is -2.44. The zero-order chi connectivity index (χ0) is 26.3. The van der Waals surface area contributed by atoms with Crippen LogP contribution in [0.1, 0.15) is 70.4 Å². The number of unbranched alkanes of at least 4 members (excludes halogenated alkanes) is 1. The first-order chi connectivity index (χ1) is 17.0. The Balaban J connectivity index is 1.54. The average Bonchev–Trinajstić information content (AvgIpc) is 3.28. The van der Waals surface area contributed by atoms with Crippen molar-refractivity contribution >= 4 is 17.8 Å². The Morgan fingerprint density at radius 1 is 1.22 bits per heavy atom. The Labute approximate surface area is 208 Å². The predicted octanol–water partition coefficient (Wildman–Crippen LogP) is 0.880. The summed E-state index contributed by atoms with van der Waals surface area (Å²) in [6.45, 7) is 5.81. The van der Waals surface area contributed by atoms with Crippen LogP contribution >= 0.6 is 0 Å². The zero-order valence-corrected chi connectivity index (χ0v) is 21.0. The largest absolute Gasteiger partial charge is 0.494 e. The fourth-order valence-electron chi connectivity index (χ4n) is 5.77. The molecule has 0 radical (unpaired) electrons. The average molecular weight is 505 g/mol. The van der Waals surface area contributed by atoms with E-state index in [2.05, 4.69) is 12.2 Å². The van der Waals surface area contributed by atoms with E-state index in [4.69, 9.17) is 15.9 Å². The van der Waals surface area contributed by atoms with Gasteiger partial charge in [-0.05, 0) is 43.9 Å². The highest BCUT2D eigenvalue weighted by atomic mass is 16.5. The van der Waals surface area contributed by atoms with Crippen LogP contribution < -0.4 is 22.3 Å². The fourth-order valence-corrected chi connectivity index (χ4v) is 5.77. The highest BCUT2D eigenvalue weighted by molar-refractivity contribution is 6.00. The molecule has 3 amide bonds. The molecule has 3 fully saturated rings. The van der Waals surface area contributed by atoms with Crippen molar-refractivity contribution in [2.75, 3.05) is 26.3 Å². The molecule has 0 bridgehead atoms. The van der Waals surface area contributed by atoms with E-state index >= 15 is 0 Å². The number of hydrogen-bond acceptors (Lipinski definition) is 7. The standard InChI is InChI=1S/C24H36N6O6/c1-3-4-10-29-18(31)16(17(25)26)19(32)30(22(29)35)15-5-7-23(2,8-6-15)12-28-13-24(9-11-36-14-24)20(33)27-21(28)34/h15,31H,3-14H2,1-2H3,(H3,25,26)(H,27,33,34)/t15?,23?,24-/m0/s1. The van der Waals surface area contributed by atoms with E-state index in [-0.39, 0.29) is 23.4 Å². The highest BCUT2D eigenvalue weighted by Gasteiger charge is 2.50. The quantitative estimate of drug-likeness (QED) is 0.315. The van der Waals surface area contributed by atoms with E-state index in [1.54, 1.807) is 4.90 Å². The minimum Gasteiger partial charge on any atom is -0.494 e. The Morgan fingerprint density at radius 3 is 2.50 bits per heavy atom. The van der Waals surface area contributed by atoms with Gasteiger partial charge in [0.2, 0.25) is 11.8 Å². The molecule has 1 aromatic heterocycles. The zero-order valence-electron chi connectivity index (χ0n) is 21.0. The molecule has 12 nitrogen and oxygen atoms in total. The maximum Gasteiger partial charge on any atom is 0.334 e. The summed E-state index contributed by atoms with van der Waals surface area (Å²) < 4.78 is 7.73. The Kier molecular flexibility index (Phi) is 7.00. The number of amidine groups is 1. The molecule has 3 aliphatic rings. The lowest BCUT2D eigenvalue weighted by Crippen LogP contribution is -2.62. The number of carbonyl (C=O) groups excluding carboxylic acids is 2. The molecule has 1 spiro atoms. The van der Waals surface area contributed by atoms with Crippen molar-refractivity contribution in [1.29, 1.82) is 5.41 Å². The van der Waals surface area contributed by atoms with Crippen LogP contribution in [0, 0.1) is 16.2 Å². The SMILES string of the molecule is CCCCn1c(O)c(C(=N)N)c(=O)n(C2CCC(C)(CN3C[C@]4(CCOC4)C(=O)NC3=O)CC2)c1=O. The lowest BCUT2D eigenvalue weighted by molar-refractivity contribution is -0.133. The monoisotopic (exact) mass is 504 g/mol. The number of aromatic nitrogens is 2. The van der Waals surface area contributed by atoms with Gasteiger partial charge in [0.25, 0.3) is 5.56 Å². The summed E-state index contributed by atoms with van der Waals surface area (Å²) >= 11 is 0. The van der Waals surface area contributed by atoms with Crippen molar-refractivity contribution in [3.8, 4) is 5.88 Å². The second-order valence-corrected chi connectivity index (χ2v) is 10.8. The Bertz CT molecular complexity index is 1170. The van der Waals surface area contributed by atoms with Crippen LogP contribution in [0.4, 0.5) is 4.79 Å². The number of amides is 3. The Hall–Kier alpha value is -3.15. The van der Waals surface area contributed by atoms with Gasteiger partial charge in [0, 0.05) is 32.3 Å². The third kappa shape index (κ3) is 4.54. The number of hydrogen-bond donors (Lipinski definition) is 4. The summed E-state index contributed by atoms with van der Waals surface area (Å²) in [4.78, 5) is 53.1. The number of nitrogens with two attached hydrogens (primary N) is 1. The van der Waals surface area contributed by atoms with Crippen LogP contribution in [0.15, 0.2) is 9.59 Å². The van der Waals surface area contributed by atoms with E-state index in [1.807, 2.05) is 6.92 Å². The molecule has 5 N–H and O–H groups in total. The summed E-state index contributed by atoms with van der Waals surface area (Å²) in [6.07, 6.45) is 4.32. The molecule has 0 unspecified atom stereocenters. The van der Waals surface area contributed by atoms with Crippen molar-refractivity contribution in [2.24, 2.45) is 16.6 Å². The van der Waals surface area contributed by atoms with Gasteiger partial charge in [-0.3, -0.25) is 29.4 Å². The summed E-state index contributed by atoms with van der Waals surface area (Å²) in [6, 6.07) is -0.809. The molecule has 1 aromatic rings. The van der Waals surface area contributed by atoms with Crippen LogP contribution in [0.25, 0.3) is 0 Å². The molecule has 36 heavy (non-hydrogen) atoms. The molecule has 4 rings (SSSR count). The van der Waals surface area contributed by atoms with Crippen LogP contribution in [0.3, 0.4) is 0 Å². The summed E-state index contributed by atoms with van der Waals surface area (Å²) in [5.74, 6) is -1.41. The number of rotatable bonds is 7. The molecule has 1 atom stereocenters. The minimum atomic E-state index is -0.747. The molecule has 2 aliphatic heterocycles. The molecule has 198 valence electrons. The van der Waals surface area contributed by atoms with E-state index in [0.29, 0.717) is 64.8 Å². The highest BCUT2D eigenvalue weighted by Crippen LogP contribution is 2.42. The smallest absolute Gasteiger partial charge is 0.334 e. The van der Waals surface area contributed by atoms with Crippen LogP contribution in [-0.2, 0) is 16.1 Å². The van der Waals surface area contributed by atoms with Gasteiger partial charge in [-0.25, -0.2) is 9.59 Å². The molecule has 3 heterocycles. The molecule has 2 saturated heterocycles. The van der Waals surface area contributed by atoms with Crippen LogP contribution in [0.2, 0.25) is 0 Å². The number of urea groups is 1. The van der Waals surface area contributed by atoms with Crippen molar-refractivity contribution in [1.82, 2.24) is 19.4 Å². The lowest BCUT2D eigenvalue weighted by atomic mass is 9.73. The second-order valence-electron chi connectivity index (χ2n) is 10.8. The van der Waals surface area contributed by atoms with Crippen LogP contribution in [0.5, 0.6) is 5.88 Å². The van der Waals surface area contributed by atoms with E-state index < -0.39 is 40.5 Å². The van der Waals surface area contributed by atoms with Gasteiger partial charge in [-0.1, -0.05) is 20.3 Å². The van der Waals surface area contributed by atoms with Gasteiger partial charge in [0.05, 0.1) is 12.0 Å². The van der Waals surface area contributed by atoms with Gasteiger partial charge in [-0.15, -0.1) is 0 Å². The number of nitrogens with zero attached hydrogens (tertiary/aromatic N) is 3. The molecule has 1 aliphatic carbocycles. The normalized spacial score (nSPS) is 28.5. The van der Waals surface area contributed by atoms with E-state index in [1.165, 1.54) is 0 Å². The number of nitrogen functional groups attached to an aromatic ring is 1. The number of nitrogens with one attached hydrogen (secondary N) is 2. The van der Waals surface area contributed by atoms with Gasteiger partial charge < -0.3 is 20.5 Å². The van der Waals surface area contributed by atoms with E-state index in [0.717, 1.165) is 15.6 Å². The van der Waals surface area contributed by atoms with Crippen molar-refractivity contribution in [2.45, 2.75) is 71.4 Å². The van der Waals surface area contributed by atoms with Crippen molar-refractivity contribution < 1.29 is 19.4 Å². The summed E-state index contributed by atoms with van der Waals surface area (Å²) in [5, 5.41) is 20.8. The van der Waals surface area contributed by atoms with Crippen LogP contribution in [-0.4, -0.2) is 63.2 Å². The summed E-state index contributed by atoms with van der Waals surface area (Å²) in [7, 11) is 0. The molecular weight excluding hydrogens is 468 g/mol.